The molecule has 0 amide bonds. The first-order valence-corrected chi connectivity index (χ1v) is 7.03. The van der Waals surface area contributed by atoms with Crippen LogP contribution < -0.4 is 5.32 Å². The number of nitrogens with one attached hydrogen (secondary N) is 1. The predicted octanol–water partition coefficient (Wildman–Crippen LogP) is 2.12. The molecule has 0 aromatic rings. The summed E-state index contributed by atoms with van der Waals surface area (Å²) >= 11 is 0. The van der Waals surface area contributed by atoms with E-state index in [1.807, 2.05) is 7.11 Å². The maximum Gasteiger partial charge on any atom is 0.0531 e. The fraction of sp³-hybridized carbons (Fsp3) is 1.00. The quantitative estimate of drug-likeness (QED) is 0.740. The van der Waals surface area contributed by atoms with Crippen LogP contribution in [0.25, 0.3) is 0 Å². The molecule has 3 nitrogen and oxygen atoms in total. The number of nitrogens with zero attached hydrogens (tertiary/aromatic N) is 1. The van der Waals surface area contributed by atoms with E-state index >= 15 is 0 Å². The summed E-state index contributed by atoms with van der Waals surface area (Å²) in [5.74, 6) is 0. The standard InChI is InChI=1S/C14H30N2O/c1-5-6-13(2)16(3)11-14(12-17-4)7-9-15-10-8-14/h13,15H,5-12H2,1-4H3. The molecule has 0 radical (unpaired) electrons. The molecule has 1 aliphatic heterocycles. The fourth-order valence-corrected chi connectivity index (χ4v) is 2.93. The lowest BCUT2D eigenvalue weighted by Gasteiger charge is -2.41. The van der Waals surface area contributed by atoms with E-state index in [4.69, 9.17) is 4.74 Å². The zero-order valence-corrected chi connectivity index (χ0v) is 12.1. The number of methoxy groups -OCH3 is 1. The van der Waals surface area contributed by atoms with Crippen molar-refractivity contribution in [2.45, 2.75) is 45.6 Å². The largest absolute Gasteiger partial charge is 0.384 e. The Morgan fingerprint density at radius 2 is 2.00 bits per heavy atom. The van der Waals surface area contributed by atoms with E-state index in [0.29, 0.717) is 11.5 Å². The molecule has 0 bridgehead atoms. The maximum atomic E-state index is 5.47. The van der Waals surface area contributed by atoms with E-state index in [-0.39, 0.29) is 0 Å². The summed E-state index contributed by atoms with van der Waals surface area (Å²) < 4.78 is 5.47. The van der Waals surface area contributed by atoms with E-state index in [1.165, 1.54) is 32.2 Å². The van der Waals surface area contributed by atoms with Crippen molar-refractivity contribution in [3.8, 4) is 0 Å². The first-order chi connectivity index (χ1) is 8.13. The van der Waals surface area contributed by atoms with Gasteiger partial charge in [0.2, 0.25) is 0 Å². The molecule has 1 heterocycles. The molecule has 0 aliphatic carbocycles. The second-order valence-corrected chi connectivity index (χ2v) is 5.74. The predicted molar refractivity (Wildman–Crippen MR) is 73.4 cm³/mol. The van der Waals surface area contributed by atoms with Gasteiger partial charge in [-0.05, 0) is 46.3 Å². The van der Waals surface area contributed by atoms with Crippen LogP contribution in [0, 0.1) is 5.41 Å². The van der Waals surface area contributed by atoms with E-state index in [1.54, 1.807) is 0 Å². The molecule has 1 aliphatic rings. The minimum absolute atomic E-state index is 0.372. The molecule has 3 heteroatoms. The Bertz CT molecular complexity index is 197. The molecular formula is C14H30N2O. The van der Waals surface area contributed by atoms with E-state index in [2.05, 4.69) is 31.1 Å². The van der Waals surface area contributed by atoms with Crippen LogP contribution in [0.5, 0.6) is 0 Å². The summed E-state index contributed by atoms with van der Waals surface area (Å²) in [4.78, 5) is 2.52. The molecule has 1 rings (SSSR count). The molecule has 0 saturated carbocycles. The highest BCUT2D eigenvalue weighted by molar-refractivity contribution is 4.87. The second-order valence-electron chi connectivity index (χ2n) is 5.74. The van der Waals surface area contributed by atoms with Gasteiger partial charge in [0.1, 0.15) is 0 Å². The molecular weight excluding hydrogens is 212 g/mol. The first-order valence-electron chi connectivity index (χ1n) is 7.03. The summed E-state index contributed by atoms with van der Waals surface area (Å²) in [5, 5.41) is 3.45. The summed E-state index contributed by atoms with van der Waals surface area (Å²) in [7, 11) is 4.10. The summed E-state index contributed by atoms with van der Waals surface area (Å²) in [5.41, 5.74) is 0.372. The average molecular weight is 242 g/mol. The Morgan fingerprint density at radius 3 is 2.53 bits per heavy atom. The van der Waals surface area contributed by atoms with Gasteiger partial charge in [-0.3, -0.25) is 0 Å². The third-order valence-corrected chi connectivity index (χ3v) is 4.16. The van der Waals surface area contributed by atoms with Crippen LogP contribution in [0.3, 0.4) is 0 Å². The minimum Gasteiger partial charge on any atom is -0.384 e. The minimum atomic E-state index is 0.372. The summed E-state index contributed by atoms with van der Waals surface area (Å²) in [6.07, 6.45) is 5.04. The smallest absolute Gasteiger partial charge is 0.0531 e. The number of piperidine rings is 1. The molecule has 102 valence electrons. The second kappa shape index (κ2) is 7.34. The Morgan fingerprint density at radius 1 is 1.35 bits per heavy atom. The van der Waals surface area contributed by atoms with Crippen LogP contribution in [-0.2, 0) is 4.74 Å². The summed E-state index contributed by atoms with van der Waals surface area (Å²) in [6.45, 7) is 8.95. The average Bonchev–Trinajstić information content (AvgIpc) is 2.30. The third kappa shape index (κ3) is 4.57. The Labute approximate surface area is 107 Å². The van der Waals surface area contributed by atoms with E-state index in [9.17, 15) is 0 Å². The number of hydrogen-bond acceptors (Lipinski definition) is 3. The normalized spacial score (nSPS) is 21.7. The number of rotatable bonds is 7. The highest BCUT2D eigenvalue weighted by Gasteiger charge is 2.33. The SMILES string of the molecule is CCCC(C)N(C)CC1(COC)CCNCC1. The zero-order valence-electron chi connectivity index (χ0n) is 12.1. The van der Waals surface area contributed by atoms with E-state index in [0.717, 1.165) is 19.7 Å². The Balaban J connectivity index is 2.52. The number of ether oxygens (including phenoxy) is 1. The van der Waals surface area contributed by atoms with Gasteiger partial charge in [0.25, 0.3) is 0 Å². The van der Waals surface area contributed by atoms with Gasteiger partial charge in [-0.25, -0.2) is 0 Å². The van der Waals surface area contributed by atoms with Crippen molar-refractivity contribution in [1.82, 2.24) is 10.2 Å². The fourth-order valence-electron chi connectivity index (χ4n) is 2.93. The molecule has 1 atom stereocenters. The van der Waals surface area contributed by atoms with Crippen molar-refractivity contribution in [2.24, 2.45) is 5.41 Å². The van der Waals surface area contributed by atoms with Crippen molar-refractivity contribution in [1.29, 1.82) is 0 Å². The molecule has 1 unspecified atom stereocenters. The van der Waals surface area contributed by atoms with Gasteiger partial charge in [0.05, 0.1) is 6.61 Å². The van der Waals surface area contributed by atoms with Crippen LogP contribution in [0.4, 0.5) is 0 Å². The van der Waals surface area contributed by atoms with Crippen LogP contribution in [0.1, 0.15) is 39.5 Å². The molecule has 0 spiro atoms. The van der Waals surface area contributed by atoms with Crippen molar-refractivity contribution in [3.63, 3.8) is 0 Å². The molecule has 1 fully saturated rings. The lowest BCUT2D eigenvalue weighted by Crippen LogP contribution is -2.48. The lowest BCUT2D eigenvalue weighted by molar-refractivity contribution is 0.0195. The van der Waals surface area contributed by atoms with Crippen LogP contribution in [0.2, 0.25) is 0 Å². The van der Waals surface area contributed by atoms with Gasteiger partial charge >= 0.3 is 0 Å². The highest BCUT2D eigenvalue weighted by atomic mass is 16.5. The lowest BCUT2D eigenvalue weighted by atomic mass is 9.79. The van der Waals surface area contributed by atoms with Gasteiger partial charge in [-0.15, -0.1) is 0 Å². The monoisotopic (exact) mass is 242 g/mol. The van der Waals surface area contributed by atoms with Crippen LogP contribution >= 0.6 is 0 Å². The van der Waals surface area contributed by atoms with Gasteiger partial charge in [0, 0.05) is 25.1 Å². The maximum absolute atomic E-state index is 5.47. The van der Waals surface area contributed by atoms with Gasteiger partial charge in [0.15, 0.2) is 0 Å². The topological polar surface area (TPSA) is 24.5 Å². The third-order valence-electron chi connectivity index (χ3n) is 4.16. The molecule has 1 saturated heterocycles. The van der Waals surface area contributed by atoms with Gasteiger partial charge in [-0.2, -0.15) is 0 Å². The number of hydrogen-bond donors (Lipinski definition) is 1. The van der Waals surface area contributed by atoms with Crippen LogP contribution in [-0.4, -0.2) is 51.3 Å². The van der Waals surface area contributed by atoms with Crippen LogP contribution in [0.15, 0.2) is 0 Å². The Kier molecular flexibility index (Phi) is 6.45. The molecule has 17 heavy (non-hydrogen) atoms. The van der Waals surface area contributed by atoms with Crippen molar-refractivity contribution >= 4 is 0 Å². The van der Waals surface area contributed by atoms with Crippen molar-refractivity contribution in [2.75, 3.05) is 40.4 Å². The molecule has 0 aromatic carbocycles. The molecule has 1 N–H and O–H groups in total. The van der Waals surface area contributed by atoms with E-state index < -0.39 is 0 Å². The highest BCUT2D eigenvalue weighted by Crippen LogP contribution is 2.30. The van der Waals surface area contributed by atoms with Crippen molar-refractivity contribution < 1.29 is 4.74 Å². The van der Waals surface area contributed by atoms with Gasteiger partial charge in [-0.1, -0.05) is 13.3 Å². The zero-order chi connectivity index (χ0) is 12.7. The Hall–Kier alpha value is -0.120. The summed E-state index contributed by atoms with van der Waals surface area (Å²) in [6, 6.07) is 0.684. The van der Waals surface area contributed by atoms with Crippen molar-refractivity contribution in [3.05, 3.63) is 0 Å². The first kappa shape index (κ1) is 14.9. The van der Waals surface area contributed by atoms with Gasteiger partial charge < -0.3 is 15.0 Å². The molecule has 0 aromatic heterocycles.